The summed E-state index contributed by atoms with van der Waals surface area (Å²) in [6.07, 6.45) is 0.223. The number of aromatic hydroxyl groups is 1. The van der Waals surface area contributed by atoms with Crippen LogP contribution in [0.15, 0.2) is 24.3 Å². The van der Waals surface area contributed by atoms with E-state index in [1.165, 1.54) is 0 Å². The van der Waals surface area contributed by atoms with Crippen LogP contribution in [-0.2, 0) is 32.6 Å². The van der Waals surface area contributed by atoms with Gasteiger partial charge in [-0.15, -0.1) is 0 Å². The summed E-state index contributed by atoms with van der Waals surface area (Å²) < 4.78 is 16.9. The van der Waals surface area contributed by atoms with Gasteiger partial charge in [0, 0.05) is 12.0 Å². The van der Waals surface area contributed by atoms with Gasteiger partial charge in [-0.25, -0.2) is 0 Å². The molecule has 0 aliphatic rings. The van der Waals surface area contributed by atoms with Gasteiger partial charge in [0.15, 0.2) is 0 Å². The van der Waals surface area contributed by atoms with Gasteiger partial charge in [0.05, 0.1) is 0 Å². The van der Waals surface area contributed by atoms with Crippen LogP contribution in [-0.4, -0.2) is 5.11 Å². The van der Waals surface area contributed by atoms with Crippen LogP contribution in [0.1, 0.15) is 116 Å². The van der Waals surface area contributed by atoms with Crippen molar-refractivity contribution in [3.05, 3.63) is 57.6 Å². The molecule has 0 unspecified atom stereocenters. The molecule has 0 heterocycles. The Morgan fingerprint density at radius 2 is 1.05 bits per heavy atom. The van der Waals surface area contributed by atoms with Crippen LogP contribution < -0.4 is 73.4 Å². The standard InChI is InChI=1S/C29H45O5P.2Na/c1-26(2,3)20-14-18(24(30)22(16-20)28(7,8)9)13-19-15-21(27(4,5)6)17-23(29(10,11)12)25(19)34-35(31,32)33;;/h14-17,30H,13H2,1-12H3,(H2,31,32,33);;/q;2*+1/p-2. The maximum Gasteiger partial charge on any atom is 1.00 e. The Balaban J connectivity index is 0.00000648. The summed E-state index contributed by atoms with van der Waals surface area (Å²) >= 11 is 0. The molecule has 0 spiro atoms. The minimum atomic E-state index is -5.32. The molecule has 0 radical (unpaired) electrons. The maximum absolute atomic E-state index is 11.8. The number of phosphoric ester groups is 1. The second kappa shape index (κ2) is 12.4. The van der Waals surface area contributed by atoms with Gasteiger partial charge in [-0.05, 0) is 49.5 Å². The maximum atomic E-state index is 11.8. The van der Waals surface area contributed by atoms with Crippen molar-refractivity contribution < 1.29 is 83.1 Å². The van der Waals surface area contributed by atoms with E-state index in [1.807, 2.05) is 45.0 Å². The molecule has 0 aromatic heterocycles. The van der Waals surface area contributed by atoms with E-state index in [-0.39, 0.29) is 93.3 Å². The van der Waals surface area contributed by atoms with Gasteiger partial charge < -0.3 is 24.0 Å². The number of phosphoric acid groups is 1. The molecule has 0 saturated heterocycles. The van der Waals surface area contributed by atoms with Crippen molar-refractivity contribution >= 4 is 7.82 Å². The third-order valence-corrected chi connectivity index (χ3v) is 6.69. The summed E-state index contributed by atoms with van der Waals surface area (Å²) in [5, 5.41) is 11.3. The van der Waals surface area contributed by atoms with Crippen molar-refractivity contribution in [1.82, 2.24) is 0 Å². The Morgan fingerprint density at radius 3 is 1.41 bits per heavy atom. The molecule has 2 rings (SSSR count). The van der Waals surface area contributed by atoms with E-state index in [2.05, 4.69) is 62.3 Å². The molecule has 0 aliphatic carbocycles. The monoisotopic (exact) mass is 548 g/mol. The summed E-state index contributed by atoms with van der Waals surface area (Å²) in [4.78, 5) is 23.6. The molecule has 0 atom stereocenters. The molecule has 2 aromatic carbocycles. The van der Waals surface area contributed by atoms with Gasteiger partial charge in [0.2, 0.25) is 0 Å². The smallest absolute Gasteiger partial charge is 0.780 e. The zero-order chi connectivity index (χ0) is 27.4. The van der Waals surface area contributed by atoms with Gasteiger partial charge in [-0.2, -0.15) is 0 Å². The topological polar surface area (TPSA) is 92.7 Å². The molecule has 37 heavy (non-hydrogen) atoms. The first-order valence-electron chi connectivity index (χ1n) is 12.2. The van der Waals surface area contributed by atoms with Crippen molar-refractivity contribution in [3.63, 3.8) is 0 Å². The van der Waals surface area contributed by atoms with Gasteiger partial charge in [-0.1, -0.05) is 107 Å². The van der Waals surface area contributed by atoms with Crippen molar-refractivity contribution in [1.29, 1.82) is 0 Å². The van der Waals surface area contributed by atoms with Crippen LogP contribution in [0.3, 0.4) is 0 Å². The summed E-state index contributed by atoms with van der Waals surface area (Å²) in [6.45, 7) is 24.6. The fourth-order valence-electron chi connectivity index (χ4n) is 4.07. The molecule has 2 aromatic rings. The molecule has 0 aliphatic heterocycles. The largest absolute Gasteiger partial charge is 1.00 e. The van der Waals surface area contributed by atoms with Crippen molar-refractivity contribution in [2.24, 2.45) is 0 Å². The normalized spacial score (nSPS) is 13.0. The number of phenols is 1. The van der Waals surface area contributed by atoms with E-state index in [0.717, 1.165) is 16.7 Å². The van der Waals surface area contributed by atoms with Gasteiger partial charge >= 0.3 is 59.1 Å². The fraction of sp³-hybridized carbons (Fsp3) is 0.586. The minimum absolute atomic E-state index is 0. The second-order valence-electron chi connectivity index (χ2n) is 13.8. The molecule has 1 N–H and O–H groups in total. The quantitative estimate of drug-likeness (QED) is 0.441. The van der Waals surface area contributed by atoms with Gasteiger partial charge in [0.1, 0.15) is 19.3 Å². The first-order valence-corrected chi connectivity index (χ1v) is 13.6. The molecule has 8 heteroatoms. The second-order valence-corrected chi connectivity index (χ2v) is 14.8. The average Bonchev–Trinajstić information content (AvgIpc) is 2.59. The fourth-order valence-corrected chi connectivity index (χ4v) is 4.51. The third kappa shape index (κ3) is 9.95. The third-order valence-electron chi connectivity index (χ3n) is 6.29. The molecule has 196 valence electrons. The van der Waals surface area contributed by atoms with Crippen LogP contribution in [0, 0.1) is 0 Å². The van der Waals surface area contributed by atoms with E-state index in [0.29, 0.717) is 16.7 Å². The first kappa shape index (κ1) is 37.2. The summed E-state index contributed by atoms with van der Waals surface area (Å²) in [7, 11) is -5.32. The number of hydrogen-bond acceptors (Lipinski definition) is 5. The molecule has 0 fully saturated rings. The Kier molecular flexibility index (Phi) is 12.4. The zero-order valence-electron chi connectivity index (χ0n) is 25.5. The predicted octanol–water partition coefficient (Wildman–Crippen LogP) is 0.389. The predicted molar refractivity (Wildman–Crippen MR) is 140 cm³/mol. The van der Waals surface area contributed by atoms with Crippen LogP contribution >= 0.6 is 7.82 Å². The Bertz CT molecular complexity index is 1140. The molecule has 0 bridgehead atoms. The minimum Gasteiger partial charge on any atom is -0.780 e. The first-order chi connectivity index (χ1) is 15.4. The number of hydrogen-bond donors (Lipinski definition) is 1. The summed E-state index contributed by atoms with van der Waals surface area (Å²) in [5.74, 6) is 0.249. The van der Waals surface area contributed by atoms with E-state index < -0.39 is 13.2 Å². The SMILES string of the molecule is CC(C)(C)c1cc(Cc2cc(C(C)(C)C)cc(C(C)(C)C)c2OP(=O)([O-])[O-])c(O)c(C(C)(C)C)c1.[Na+].[Na+]. The van der Waals surface area contributed by atoms with Crippen LogP contribution in [0.5, 0.6) is 11.5 Å². The molecular formula is C29H43Na2O5P. The van der Waals surface area contributed by atoms with E-state index in [1.54, 1.807) is 0 Å². The van der Waals surface area contributed by atoms with Crippen LogP contribution in [0.25, 0.3) is 0 Å². The summed E-state index contributed by atoms with van der Waals surface area (Å²) in [5.41, 5.74) is 3.61. The summed E-state index contributed by atoms with van der Waals surface area (Å²) in [6, 6.07) is 7.86. The van der Waals surface area contributed by atoms with Gasteiger partial charge in [0.25, 0.3) is 0 Å². The van der Waals surface area contributed by atoms with E-state index in [4.69, 9.17) is 4.52 Å². The van der Waals surface area contributed by atoms with Crippen molar-refractivity contribution in [2.75, 3.05) is 0 Å². The zero-order valence-corrected chi connectivity index (χ0v) is 30.4. The molecule has 5 nitrogen and oxygen atoms in total. The van der Waals surface area contributed by atoms with Crippen molar-refractivity contribution in [3.8, 4) is 11.5 Å². The Hall–Kier alpha value is 0.190. The van der Waals surface area contributed by atoms with Gasteiger partial charge in [-0.3, -0.25) is 0 Å². The van der Waals surface area contributed by atoms with Crippen LogP contribution in [0.4, 0.5) is 0 Å². The van der Waals surface area contributed by atoms with E-state index >= 15 is 0 Å². The molecule has 0 saturated carbocycles. The molecular weight excluding hydrogens is 505 g/mol. The number of benzene rings is 2. The number of phenolic OH excluding ortho intramolecular Hbond substituents is 1. The van der Waals surface area contributed by atoms with Crippen molar-refractivity contribution in [2.45, 2.75) is 111 Å². The van der Waals surface area contributed by atoms with Crippen LogP contribution in [0.2, 0.25) is 0 Å². The van der Waals surface area contributed by atoms with E-state index in [9.17, 15) is 19.5 Å². The number of rotatable bonds is 4. The Labute approximate surface area is 269 Å². The average molecular weight is 549 g/mol. The Morgan fingerprint density at radius 1 is 0.676 bits per heavy atom. The molecule has 0 amide bonds.